The molecule has 0 bridgehead atoms. The van der Waals surface area contributed by atoms with Crippen LogP contribution < -0.4 is 10.9 Å². The molecule has 2 rings (SSSR count). The molecule has 0 radical (unpaired) electrons. The molecule has 1 aromatic heterocycles. The lowest BCUT2D eigenvalue weighted by Crippen LogP contribution is -2.17. The first kappa shape index (κ1) is 12.3. The second-order valence-electron chi connectivity index (χ2n) is 4.00. The maximum Gasteiger partial charge on any atom is 0.279 e. The van der Waals surface area contributed by atoms with Crippen LogP contribution in [0.4, 0.5) is 5.95 Å². The maximum absolute atomic E-state index is 11.9. The number of hydrogen-bond donors (Lipinski definition) is 2. The third kappa shape index (κ3) is 2.94. The molecule has 0 spiro atoms. The van der Waals surface area contributed by atoms with Crippen molar-refractivity contribution in [2.45, 2.75) is 19.8 Å². The quantitative estimate of drug-likeness (QED) is 0.790. The number of H-pyrrole nitrogens is 1. The second-order valence-corrected chi connectivity index (χ2v) is 4.00. The Morgan fingerprint density at radius 1 is 1.22 bits per heavy atom. The topological polar surface area (TPSA) is 70.7 Å². The SMILES string of the molecule is CCCCNc1nnc(-c2ccccc2)c(=O)[nH]1. The molecule has 0 atom stereocenters. The molecule has 0 saturated heterocycles. The van der Waals surface area contributed by atoms with E-state index in [9.17, 15) is 4.79 Å². The molecule has 5 heteroatoms. The van der Waals surface area contributed by atoms with Crippen molar-refractivity contribution in [3.05, 3.63) is 40.7 Å². The summed E-state index contributed by atoms with van der Waals surface area (Å²) in [4.78, 5) is 14.6. The monoisotopic (exact) mass is 244 g/mol. The summed E-state index contributed by atoms with van der Waals surface area (Å²) >= 11 is 0. The average molecular weight is 244 g/mol. The molecule has 18 heavy (non-hydrogen) atoms. The average Bonchev–Trinajstić information content (AvgIpc) is 2.40. The standard InChI is InChI=1S/C13H16N4O/c1-2-3-9-14-13-15-12(18)11(16-17-13)10-7-5-4-6-8-10/h4-8H,2-3,9H2,1H3,(H2,14,15,17,18). The minimum absolute atomic E-state index is 0.227. The number of hydrogen-bond acceptors (Lipinski definition) is 4. The van der Waals surface area contributed by atoms with Gasteiger partial charge in [0.05, 0.1) is 0 Å². The van der Waals surface area contributed by atoms with E-state index in [0.29, 0.717) is 11.6 Å². The first-order chi connectivity index (χ1) is 8.81. The van der Waals surface area contributed by atoms with Gasteiger partial charge in [-0.25, -0.2) is 0 Å². The molecule has 0 saturated carbocycles. The van der Waals surface area contributed by atoms with E-state index >= 15 is 0 Å². The van der Waals surface area contributed by atoms with Gasteiger partial charge in [-0.05, 0) is 6.42 Å². The Hall–Kier alpha value is -2.17. The Morgan fingerprint density at radius 3 is 2.67 bits per heavy atom. The Labute approximate surface area is 105 Å². The van der Waals surface area contributed by atoms with E-state index in [2.05, 4.69) is 27.4 Å². The van der Waals surface area contributed by atoms with E-state index in [1.807, 2.05) is 30.3 Å². The van der Waals surface area contributed by atoms with Crippen LogP contribution in [0.2, 0.25) is 0 Å². The summed E-state index contributed by atoms with van der Waals surface area (Å²) in [7, 11) is 0. The predicted octanol–water partition coefficient (Wildman–Crippen LogP) is 2.04. The summed E-state index contributed by atoms with van der Waals surface area (Å²) in [5.41, 5.74) is 0.887. The molecule has 94 valence electrons. The Kier molecular flexibility index (Phi) is 4.06. The van der Waals surface area contributed by atoms with Gasteiger partial charge in [-0.3, -0.25) is 9.78 Å². The van der Waals surface area contributed by atoms with Crippen LogP contribution in [0.5, 0.6) is 0 Å². The molecule has 0 aliphatic rings. The van der Waals surface area contributed by atoms with Crippen LogP contribution in [0.1, 0.15) is 19.8 Å². The molecule has 0 unspecified atom stereocenters. The van der Waals surface area contributed by atoms with Gasteiger partial charge < -0.3 is 5.32 Å². The molecule has 2 N–H and O–H groups in total. The van der Waals surface area contributed by atoms with Crippen molar-refractivity contribution in [1.29, 1.82) is 0 Å². The van der Waals surface area contributed by atoms with Gasteiger partial charge in [0.25, 0.3) is 5.56 Å². The third-order valence-corrected chi connectivity index (χ3v) is 2.57. The largest absolute Gasteiger partial charge is 0.354 e. The van der Waals surface area contributed by atoms with Crippen molar-refractivity contribution in [2.24, 2.45) is 0 Å². The maximum atomic E-state index is 11.9. The van der Waals surface area contributed by atoms with Crippen LogP contribution >= 0.6 is 0 Å². The highest BCUT2D eigenvalue weighted by atomic mass is 16.1. The summed E-state index contributed by atoms with van der Waals surface area (Å²) in [6.45, 7) is 2.89. The molecular formula is C13H16N4O. The van der Waals surface area contributed by atoms with Crippen LogP contribution in [0.3, 0.4) is 0 Å². The van der Waals surface area contributed by atoms with Gasteiger partial charge in [-0.15, -0.1) is 10.2 Å². The van der Waals surface area contributed by atoms with Gasteiger partial charge in [0.1, 0.15) is 0 Å². The minimum atomic E-state index is -0.227. The molecule has 1 heterocycles. The van der Waals surface area contributed by atoms with Gasteiger partial charge in [0.15, 0.2) is 5.69 Å². The fourth-order valence-corrected chi connectivity index (χ4v) is 1.59. The lowest BCUT2D eigenvalue weighted by molar-refractivity contribution is 0.817. The van der Waals surface area contributed by atoms with Crippen molar-refractivity contribution in [1.82, 2.24) is 15.2 Å². The van der Waals surface area contributed by atoms with Crippen LogP contribution in [-0.2, 0) is 0 Å². The summed E-state index contributed by atoms with van der Waals surface area (Å²) in [6, 6.07) is 9.30. The summed E-state index contributed by atoms with van der Waals surface area (Å²) < 4.78 is 0. The Bertz CT molecular complexity index is 550. The van der Waals surface area contributed by atoms with E-state index in [1.165, 1.54) is 0 Å². The van der Waals surface area contributed by atoms with Crippen LogP contribution in [0, 0.1) is 0 Å². The highest BCUT2D eigenvalue weighted by molar-refractivity contribution is 5.57. The van der Waals surface area contributed by atoms with Crippen molar-refractivity contribution in [2.75, 3.05) is 11.9 Å². The summed E-state index contributed by atoms with van der Waals surface area (Å²) in [6.07, 6.45) is 2.12. The zero-order valence-electron chi connectivity index (χ0n) is 10.3. The smallest absolute Gasteiger partial charge is 0.279 e. The van der Waals surface area contributed by atoms with E-state index in [-0.39, 0.29) is 5.56 Å². The number of nitrogens with one attached hydrogen (secondary N) is 2. The summed E-state index contributed by atoms with van der Waals surface area (Å²) in [5.74, 6) is 0.424. The van der Waals surface area contributed by atoms with Gasteiger partial charge in [-0.1, -0.05) is 43.7 Å². The normalized spacial score (nSPS) is 10.3. The Balaban J connectivity index is 2.18. The highest BCUT2D eigenvalue weighted by Gasteiger charge is 2.06. The molecule has 0 aliphatic heterocycles. The van der Waals surface area contributed by atoms with Crippen molar-refractivity contribution in [3.8, 4) is 11.3 Å². The number of aromatic nitrogens is 3. The van der Waals surface area contributed by atoms with Crippen LogP contribution in [0.15, 0.2) is 35.1 Å². The fourth-order valence-electron chi connectivity index (χ4n) is 1.59. The van der Waals surface area contributed by atoms with Crippen LogP contribution in [0.25, 0.3) is 11.3 Å². The number of anilines is 1. The lowest BCUT2D eigenvalue weighted by Gasteiger charge is -2.04. The third-order valence-electron chi connectivity index (χ3n) is 2.57. The zero-order chi connectivity index (χ0) is 12.8. The number of nitrogens with zero attached hydrogens (tertiary/aromatic N) is 2. The van der Waals surface area contributed by atoms with Gasteiger partial charge in [-0.2, -0.15) is 0 Å². The van der Waals surface area contributed by atoms with E-state index in [1.54, 1.807) is 0 Å². The van der Waals surface area contributed by atoms with Crippen LogP contribution in [-0.4, -0.2) is 21.7 Å². The van der Waals surface area contributed by atoms with Crippen molar-refractivity contribution < 1.29 is 0 Å². The molecule has 5 nitrogen and oxygen atoms in total. The first-order valence-corrected chi connectivity index (χ1v) is 6.07. The number of rotatable bonds is 5. The molecule has 2 aromatic rings. The lowest BCUT2D eigenvalue weighted by atomic mass is 10.2. The van der Waals surface area contributed by atoms with E-state index in [4.69, 9.17) is 0 Å². The summed E-state index contributed by atoms with van der Waals surface area (Å²) in [5, 5.41) is 11.0. The van der Waals surface area contributed by atoms with Crippen molar-refractivity contribution >= 4 is 5.95 Å². The molecule has 0 fully saturated rings. The second kappa shape index (κ2) is 5.95. The van der Waals surface area contributed by atoms with Gasteiger partial charge in [0, 0.05) is 12.1 Å². The van der Waals surface area contributed by atoms with E-state index in [0.717, 1.165) is 24.9 Å². The van der Waals surface area contributed by atoms with Gasteiger partial charge >= 0.3 is 0 Å². The molecular weight excluding hydrogens is 228 g/mol. The number of unbranched alkanes of at least 4 members (excludes halogenated alkanes) is 1. The molecule has 0 amide bonds. The number of aromatic amines is 1. The van der Waals surface area contributed by atoms with Gasteiger partial charge in [0.2, 0.25) is 5.95 Å². The van der Waals surface area contributed by atoms with E-state index < -0.39 is 0 Å². The minimum Gasteiger partial charge on any atom is -0.354 e. The Morgan fingerprint density at radius 2 is 2.00 bits per heavy atom. The molecule has 0 aliphatic carbocycles. The number of benzene rings is 1. The molecule has 1 aromatic carbocycles. The first-order valence-electron chi connectivity index (χ1n) is 6.07. The predicted molar refractivity (Wildman–Crippen MR) is 71.5 cm³/mol. The zero-order valence-corrected chi connectivity index (χ0v) is 10.3. The highest BCUT2D eigenvalue weighted by Crippen LogP contribution is 2.10. The van der Waals surface area contributed by atoms with Crippen molar-refractivity contribution in [3.63, 3.8) is 0 Å². The fraction of sp³-hybridized carbons (Fsp3) is 0.308.